The zero-order chi connectivity index (χ0) is 16.5. The van der Waals surface area contributed by atoms with E-state index in [2.05, 4.69) is 5.32 Å². The molecule has 5 heteroatoms. The molecular formula is C18H23NO4. The van der Waals surface area contributed by atoms with E-state index in [0.29, 0.717) is 11.5 Å². The molecule has 0 unspecified atom stereocenters. The molecule has 0 bridgehead atoms. The van der Waals surface area contributed by atoms with Crippen LogP contribution in [0.5, 0.6) is 17.2 Å². The van der Waals surface area contributed by atoms with Crippen molar-refractivity contribution in [1.82, 2.24) is 5.32 Å². The number of nitrogens with one attached hydrogen (secondary N) is 1. The van der Waals surface area contributed by atoms with E-state index in [1.54, 1.807) is 14.2 Å². The van der Waals surface area contributed by atoms with Crippen LogP contribution in [0.25, 0.3) is 0 Å². The molecule has 5 nitrogen and oxygen atoms in total. The lowest BCUT2D eigenvalue weighted by Gasteiger charge is -2.12. The van der Waals surface area contributed by atoms with E-state index < -0.39 is 0 Å². The Kier molecular flexibility index (Phi) is 6.72. The number of aliphatic hydroxyl groups is 1. The summed E-state index contributed by atoms with van der Waals surface area (Å²) in [5.74, 6) is 2.17. The molecule has 2 aromatic carbocycles. The zero-order valence-corrected chi connectivity index (χ0v) is 13.5. The summed E-state index contributed by atoms with van der Waals surface area (Å²) in [6, 6.07) is 13.8. The van der Waals surface area contributed by atoms with Gasteiger partial charge in [0.2, 0.25) is 0 Å². The molecule has 0 aliphatic carbocycles. The van der Waals surface area contributed by atoms with Gasteiger partial charge in [0, 0.05) is 13.1 Å². The van der Waals surface area contributed by atoms with Crippen molar-refractivity contribution < 1.29 is 19.3 Å². The van der Waals surface area contributed by atoms with Gasteiger partial charge >= 0.3 is 0 Å². The molecule has 0 aliphatic heterocycles. The minimum Gasteiger partial charge on any atom is -0.497 e. The molecule has 2 rings (SSSR count). The molecule has 0 atom stereocenters. The highest BCUT2D eigenvalue weighted by Gasteiger charge is 2.05. The van der Waals surface area contributed by atoms with Crippen LogP contribution in [-0.2, 0) is 13.1 Å². The minimum atomic E-state index is -0.0195. The first-order chi connectivity index (χ1) is 11.3. The Balaban J connectivity index is 1.89. The first-order valence-corrected chi connectivity index (χ1v) is 7.51. The number of benzene rings is 2. The van der Waals surface area contributed by atoms with E-state index in [0.717, 1.165) is 24.4 Å². The summed E-state index contributed by atoms with van der Waals surface area (Å²) in [5, 5.41) is 12.2. The van der Waals surface area contributed by atoms with Gasteiger partial charge < -0.3 is 24.6 Å². The van der Waals surface area contributed by atoms with Crippen LogP contribution in [-0.4, -0.2) is 32.5 Å². The fourth-order valence-corrected chi connectivity index (χ4v) is 2.19. The molecule has 124 valence electrons. The van der Waals surface area contributed by atoms with Crippen LogP contribution < -0.4 is 19.5 Å². The Morgan fingerprint density at radius 3 is 2.22 bits per heavy atom. The van der Waals surface area contributed by atoms with Crippen molar-refractivity contribution in [2.24, 2.45) is 0 Å². The average Bonchev–Trinajstić information content (AvgIpc) is 2.61. The fourth-order valence-electron chi connectivity index (χ4n) is 2.19. The van der Waals surface area contributed by atoms with Gasteiger partial charge in [-0.3, -0.25) is 0 Å². The van der Waals surface area contributed by atoms with E-state index in [9.17, 15) is 0 Å². The molecular weight excluding hydrogens is 294 g/mol. The number of rotatable bonds is 9. The molecule has 23 heavy (non-hydrogen) atoms. The molecule has 2 N–H and O–H groups in total. The van der Waals surface area contributed by atoms with Crippen LogP contribution in [0.1, 0.15) is 11.1 Å². The lowest BCUT2D eigenvalue weighted by Crippen LogP contribution is -2.12. The Bertz CT molecular complexity index is 598. The summed E-state index contributed by atoms with van der Waals surface area (Å²) < 4.78 is 15.9. The highest BCUT2D eigenvalue weighted by atomic mass is 16.5. The first kappa shape index (κ1) is 17.1. The third-order valence-electron chi connectivity index (χ3n) is 3.39. The Morgan fingerprint density at radius 1 is 0.870 bits per heavy atom. The van der Waals surface area contributed by atoms with E-state index in [4.69, 9.17) is 19.3 Å². The maximum Gasteiger partial charge on any atom is 0.161 e. The highest BCUT2D eigenvalue weighted by Crippen LogP contribution is 2.28. The predicted octanol–water partition coefficient (Wildman–Crippen LogP) is 2.36. The smallest absolute Gasteiger partial charge is 0.161 e. The third kappa shape index (κ3) is 5.16. The van der Waals surface area contributed by atoms with Crippen molar-refractivity contribution in [3.63, 3.8) is 0 Å². The molecule has 2 aromatic rings. The van der Waals surface area contributed by atoms with Crippen LogP contribution in [0.3, 0.4) is 0 Å². The van der Waals surface area contributed by atoms with Crippen LogP contribution in [0.2, 0.25) is 0 Å². The number of methoxy groups -OCH3 is 2. The maximum absolute atomic E-state index is 8.82. The molecule has 0 aromatic heterocycles. The molecule has 0 aliphatic rings. The van der Waals surface area contributed by atoms with E-state index in [1.165, 1.54) is 5.56 Å². The summed E-state index contributed by atoms with van der Waals surface area (Å²) in [7, 11) is 3.27. The normalized spacial score (nSPS) is 10.4. The molecule has 0 amide bonds. The zero-order valence-electron chi connectivity index (χ0n) is 13.5. The number of aliphatic hydroxyl groups excluding tert-OH is 1. The van der Waals surface area contributed by atoms with E-state index >= 15 is 0 Å². The molecule has 0 saturated heterocycles. The van der Waals surface area contributed by atoms with E-state index in [-0.39, 0.29) is 13.2 Å². The van der Waals surface area contributed by atoms with Crippen molar-refractivity contribution >= 4 is 0 Å². The Morgan fingerprint density at radius 2 is 1.57 bits per heavy atom. The summed E-state index contributed by atoms with van der Waals surface area (Å²) in [6.45, 7) is 1.73. The standard InChI is InChI=1S/C18H23NO4/c1-21-16-6-3-14(4-7-16)12-19-13-15-5-8-17(23-10-9-20)18(11-15)22-2/h3-8,11,19-20H,9-10,12-13H2,1-2H3. The van der Waals surface area contributed by atoms with Gasteiger partial charge in [0.1, 0.15) is 12.4 Å². The molecule has 0 spiro atoms. The Labute approximate surface area is 136 Å². The molecule has 0 fully saturated rings. The van der Waals surface area contributed by atoms with Gasteiger partial charge in [-0.25, -0.2) is 0 Å². The van der Waals surface area contributed by atoms with Crippen molar-refractivity contribution in [3.8, 4) is 17.2 Å². The summed E-state index contributed by atoms with van der Waals surface area (Å²) in [5.41, 5.74) is 2.30. The average molecular weight is 317 g/mol. The van der Waals surface area contributed by atoms with E-state index in [1.807, 2.05) is 42.5 Å². The summed E-state index contributed by atoms with van der Waals surface area (Å²) in [6.07, 6.45) is 0. The van der Waals surface area contributed by atoms with Crippen LogP contribution in [0.4, 0.5) is 0 Å². The van der Waals surface area contributed by atoms with Gasteiger partial charge in [-0.1, -0.05) is 18.2 Å². The minimum absolute atomic E-state index is 0.0195. The second-order valence-corrected chi connectivity index (χ2v) is 5.01. The maximum atomic E-state index is 8.82. The van der Waals surface area contributed by atoms with Gasteiger partial charge in [0.25, 0.3) is 0 Å². The summed E-state index contributed by atoms with van der Waals surface area (Å²) in [4.78, 5) is 0. The monoisotopic (exact) mass is 317 g/mol. The Hall–Kier alpha value is -2.24. The van der Waals surface area contributed by atoms with Crippen molar-refractivity contribution in [2.45, 2.75) is 13.1 Å². The number of hydrogen-bond acceptors (Lipinski definition) is 5. The van der Waals surface area contributed by atoms with Gasteiger partial charge in [0.15, 0.2) is 11.5 Å². The predicted molar refractivity (Wildman–Crippen MR) is 89.1 cm³/mol. The molecule has 0 saturated carbocycles. The molecule has 0 radical (unpaired) electrons. The van der Waals surface area contributed by atoms with Gasteiger partial charge in [-0.15, -0.1) is 0 Å². The van der Waals surface area contributed by atoms with Crippen LogP contribution >= 0.6 is 0 Å². The second kappa shape index (κ2) is 9.02. The van der Waals surface area contributed by atoms with Crippen molar-refractivity contribution in [1.29, 1.82) is 0 Å². The molecule has 0 heterocycles. The SMILES string of the molecule is COc1ccc(CNCc2ccc(OCCO)c(OC)c2)cc1. The highest BCUT2D eigenvalue weighted by molar-refractivity contribution is 5.43. The van der Waals surface area contributed by atoms with Crippen molar-refractivity contribution in [3.05, 3.63) is 53.6 Å². The van der Waals surface area contributed by atoms with Crippen LogP contribution in [0.15, 0.2) is 42.5 Å². The largest absolute Gasteiger partial charge is 0.497 e. The third-order valence-corrected chi connectivity index (χ3v) is 3.39. The fraction of sp³-hybridized carbons (Fsp3) is 0.333. The second-order valence-electron chi connectivity index (χ2n) is 5.01. The number of ether oxygens (including phenoxy) is 3. The summed E-state index contributed by atoms with van der Waals surface area (Å²) >= 11 is 0. The lowest BCUT2D eigenvalue weighted by molar-refractivity contribution is 0.196. The first-order valence-electron chi connectivity index (χ1n) is 7.51. The van der Waals surface area contributed by atoms with Crippen LogP contribution in [0, 0.1) is 0 Å². The van der Waals surface area contributed by atoms with Gasteiger partial charge in [0.05, 0.1) is 20.8 Å². The van der Waals surface area contributed by atoms with Gasteiger partial charge in [-0.05, 0) is 35.4 Å². The lowest BCUT2D eigenvalue weighted by atomic mass is 10.2. The van der Waals surface area contributed by atoms with Crippen molar-refractivity contribution in [2.75, 3.05) is 27.4 Å². The van der Waals surface area contributed by atoms with Gasteiger partial charge in [-0.2, -0.15) is 0 Å². The number of hydrogen-bond donors (Lipinski definition) is 2. The quantitative estimate of drug-likeness (QED) is 0.743. The topological polar surface area (TPSA) is 60.0 Å².